The Kier molecular flexibility index (Phi) is 4.57. The molecule has 0 bridgehead atoms. The maximum atomic E-state index is 12.1. The molecule has 0 aliphatic heterocycles. The van der Waals surface area contributed by atoms with E-state index in [9.17, 15) is 4.79 Å². The van der Waals surface area contributed by atoms with Crippen molar-refractivity contribution in [1.82, 2.24) is 4.98 Å². The third-order valence-corrected chi connectivity index (χ3v) is 3.21. The molecule has 1 heterocycles. The van der Waals surface area contributed by atoms with Gasteiger partial charge in [-0.25, -0.2) is 4.98 Å². The predicted molar refractivity (Wildman–Crippen MR) is 81.9 cm³/mol. The Balaban J connectivity index is 2.13. The Morgan fingerprint density at radius 1 is 1.40 bits per heavy atom. The molecule has 1 aromatic heterocycles. The SMILES string of the molecule is CCOc1ccc(NC(=O)c2cc(N)ccc2Br)cn1. The Morgan fingerprint density at radius 3 is 2.85 bits per heavy atom. The zero-order valence-electron chi connectivity index (χ0n) is 10.9. The lowest BCUT2D eigenvalue weighted by atomic mass is 10.2. The molecule has 5 nitrogen and oxygen atoms in total. The number of halogens is 1. The molecule has 0 saturated carbocycles. The number of anilines is 2. The monoisotopic (exact) mass is 335 g/mol. The number of nitrogens with two attached hydrogens (primary N) is 1. The molecular formula is C14H14BrN3O2. The Bertz CT molecular complexity index is 614. The first-order valence-corrected chi connectivity index (χ1v) is 6.84. The van der Waals surface area contributed by atoms with Gasteiger partial charge in [0.25, 0.3) is 5.91 Å². The third-order valence-electron chi connectivity index (χ3n) is 2.52. The van der Waals surface area contributed by atoms with E-state index in [-0.39, 0.29) is 5.91 Å². The third kappa shape index (κ3) is 3.48. The fourth-order valence-corrected chi connectivity index (χ4v) is 2.03. The van der Waals surface area contributed by atoms with Crippen molar-refractivity contribution < 1.29 is 9.53 Å². The standard InChI is InChI=1S/C14H14BrN3O2/c1-2-20-13-6-4-10(8-17-13)18-14(19)11-7-9(16)3-5-12(11)15/h3-8H,2,16H2,1H3,(H,18,19). The molecule has 0 fully saturated rings. The molecule has 1 amide bonds. The molecule has 3 N–H and O–H groups in total. The quantitative estimate of drug-likeness (QED) is 0.841. The number of hydrogen-bond acceptors (Lipinski definition) is 4. The minimum Gasteiger partial charge on any atom is -0.478 e. The normalized spacial score (nSPS) is 10.1. The molecule has 0 unspecified atom stereocenters. The summed E-state index contributed by atoms with van der Waals surface area (Å²) in [5, 5.41) is 2.75. The van der Waals surface area contributed by atoms with Crippen LogP contribution in [0.1, 0.15) is 17.3 Å². The van der Waals surface area contributed by atoms with E-state index < -0.39 is 0 Å². The molecule has 0 aliphatic carbocycles. The number of rotatable bonds is 4. The maximum Gasteiger partial charge on any atom is 0.256 e. The van der Waals surface area contributed by atoms with Crippen molar-refractivity contribution in [3.8, 4) is 5.88 Å². The number of hydrogen-bond donors (Lipinski definition) is 2. The maximum absolute atomic E-state index is 12.1. The van der Waals surface area contributed by atoms with E-state index >= 15 is 0 Å². The zero-order valence-corrected chi connectivity index (χ0v) is 12.5. The summed E-state index contributed by atoms with van der Waals surface area (Å²) in [6.45, 7) is 2.43. The van der Waals surface area contributed by atoms with Crippen LogP contribution in [-0.2, 0) is 0 Å². The van der Waals surface area contributed by atoms with E-state index in [0.29, 0.717) is 33.9 Å². The average molecular weight is 336 g/mol. The summed E-state index contributed by atoms with van der Waals surface area (Å²) in [5.41, 5.74) is 7.27. The van der Waals surface area contributed by atoms with Crippen LogP contribution in [0.5, 0.6) is 5.88 Å². The second-order valence-electron chi connectivity index (χ2n) is 4.01. The van der Waals surface area contributed by atoms with Crippen LogP contribution in [0.3, 0.4) is 0 Å². The van der Waals surface area contributed by atoms with Crippen molar-refractivity contribution in [2.24, 2.45) is 0 Å². The highest BCUT2D eigenvalue weighted by Gasteiger charge is 2.11. The van der Waals surface area contributed by atoms with Crippen LogP contribution in [0.25, 0.3) is 0 Å². The second-order valence-corrected chi connectivity index (χ2v) is 4.87. The number of amides is 1. The van der Waals surface area contributed by atoms with Crippen LogP contribution in [0.2, 0.25) is 0 Å². The predicted octanol–water partition coefficient (Wildman–Crippen LogP) is 3.08. The summed E-state index contributed by atoms with van der Waals surface area (Å²) in [7, 11) is 0. The topological polar surface area (TPSA) is 77.2 Å². The van der Waals surface area contributed by atoms with Crippen molar-refractivity contribution in [3.05, 3.63) is 46.6 Å². The van der Waals surface area contributed by atoms with E-state index in [2.05, 4.69) is 26.2 Å². The highest BCUT2D eigenvalue weighted by molar-refractivity contribution is 9.10. The largest absolute Gasteiger partial charge is 0.478 e. The second kappa shape index (κ2) is 6.38. The van der Waals surface area contributed by atoms with E-state index in [0.717, 1.165) is 0 Å². The molecule has 0 aliphatic rings. The van der Waals surface area contributed by atoms with Crippen molar-refractivity contribution in [3.63, 3.8) is 0 Å². The number of carbonyl (C=O) groups is 1. The van der Waals surface area contributed by atoms with E-state index in [1.807, 2.05) is 6.92 Å². The van der Waals surface area contributed by atoms with Crippen molar-refractivity contribution in [2.75, 3.05) is 17.7 Å². The highest BCUT2D eigenvalue weighted by atomic mass is 79.9. The Hall–Kier alpha value is -2.08. The van der Waals surface area contributed by atoms with Crippen LogP contribution < -0.4 is 15.8 Å². The van der Waals surface area contributed by atoms with Gasteiger partial charge in [-0.3, -0.25) is 4.79 Å². The Labute approximate surface area is 125 Å². The molecule has 0 atom stereocenters. The van der Waals surface area contributed by atoms with Gasteiger partial charge in [0, 0.05) is 16.2 Å². The molecule has 6 heteroatoms. The highest BCUT2D eigenvalue weighted by Crippen LogP contribution is 2.21. The minimum atomic E-state index is -0.255. The zero-order chi connectivity index (χ0) is 14.5. The molecule has 0 radical (unpaired) electrons. The summed E-state index contributed by atoms with van der Waals surface area (Å²) >= 11 is 3.32. The van der Waals surface area contributed by atoms with Crippen LogP contribution in [0.15, 0.2) is 41.0 Å². The van der Waals surface area contributed by atoms with Crippen LogP contribution in [-0.4, -0.2) is 17.5 Å². The minimum absolute atomic E-state index is 0.255. The summed E-state index contributed by atoms with van der Waals surface area (Å²) in [6, 6.07) is 8.50. The molecule has 20 heavy (non-hydrogen) atoms. The smallest absolute Gasteiger partial charge is 0.256 e. The lowest BCUT2D eigenvalue weighted by Gasteiger charge is -2.08. The number of nitrogens with zero attached hydrogens (tertiary/aromatic N) is 1. The molecule has 0 saturated heterocycles. The number of carbonyl (C=O) groups excluding carboxylic acids is 1. The van der Waals surface area contributed by atoms with Gasteiger partial charge in [-0.05, 0) is 47.1 Å². The van der Waals surface area contributed by atoms with Crippen molar-refractivity contribution >= 4 is 33.2 Å². The van der Waals surface area contributed by atoms with Crippen molar-refractivity contribution in [2.45, 2.75) is 6.92 Å². The summed E-state index contributed by atoms with van der Waals surface area (Å²) in [4.78, 5) is 16.2. The number of aromatic nitrogens is 1. The van der Waals surface area contributed by atoms with Gasteiger partial charge in [-0.1, -0.05) is 0 Å². The number of benzene rings is 1. The first kappa shape index (κ1) is 14.3. The molecular weight excluding hydrogens is 322 g/mol. The first-order chi connectivity index (χ1) is 9.60. The van der Waals surface area contributed by atoms with Gasteiger partial charge >= 0.3 is 0 Å². The average Bonchev–Trinajstić information content (AvgIpc) is 2.44. The van der Waals surface area contributed by atoms with Gasteiger partial charge in [0.15, 0.2) is 0 Å². The van der Waals surface area contributed by atoms with Gasteiger partial charge in [0.1, 0.15) is 0 Å². The van der Waals surface area contributed by atoms with E-state index in [4.69, 9.17) is 10.5 Å². The van der Waals surface area contributed by atoms with Gasteiger partial charge in [0.2, 0.25) is 5.88 Å². The number of ether oxygens (including phenoxy) is 1. The number of pyridine rings is 1. The fourth-order valence-electron chi connectivity index (χ4n) is 1.60. The van der Waals surface area contributed by atoms with Crippen LogP contribution in [0, 0.1) is 0 Å². The fraction of sp³-hybridized carbons (Fsp3) is 0.143. The number of nitrogens with one attached hydrogen (secondary N) is 1. The van der Waals surface area contributed by atoms with Crippen LogP contribution in [0.4, 0.5) is 11.4 Å². The molecule has 0 spiro atoms. The van der Waals surface area contributed by atoms with Crippen molar-refractivity contribution in [1.29, 1.82) is 0 Å². The first-order valence-electron chi connectivity index (χ1n) is 6.05. The molecule has 104 valence electrons. The number of nitrogen functional groups attached to an aromatic ring is 1. The molecule has 2 rings (SSSR count). The van der Waals surface area contributed by atoms with E-state index in [1.165, 1.54) is 0 Å². The molecule has 2 aromatic rings. The summed E-state index contributed by atoms with van der Waals surface area (Å²) in [5.74, 6) is 0.269. The summed E-state index contributed by atoms with van der Waals surface area (Å²) < 4.78 is 5.92. The van der Waals surface area contributed by atoms with E-state index in [1.54, 1.807) is 36.5 Å². The summed E-state index contributed by atoms with van der Waals surface area (Å²) in [6.07, 6.45) is 1.54. The van der Waals surface area contributed by atoms with Gasteiger partial charge in [-0.15, -0.1) is 0 Å². The lowest BCUT2D eigenvalue weighted by molar-refractivity contribution is 0.102. The lowest BCUT2D eigenvalue weighted by Crippen LogP contribution is -2.13. The van der Waals surface area contributed by atoms with Crippen LogP contribution >= 0.6 is 15.9 Å². The Morgan fingerprint density at radius 2 is 2.20 bits per heavy atom. The molecule has 1 aromatic carbocycles. The van der Waals surface area contributed by atoms with Gasteiger partial charge in [0.05, 0.1) is 24.1 Å². The van der Waals surface area contributed by atoms with Gasteiger partial charge < -0.3 is 15.8 Å². The van der Waals surface area contributed by atoms with Gasteiger partial charge in [-0.2, -0.15) is 0 Å².